The van der Waals surface area contributed by atoms with E-state index in [1.54, 1.807) is 12.3 Å². The minimum absolute atomic E-state index is 0.0578. The smallest absolute Gasteiger partial charge is 0.154 e. The van der Waals surface area contributed by atoms with Gasteiger partial charge in [-0.1, -0.05) is 6.08 Å². The van der Waals surface area contributed by atoms with E-state index >= 15 is 0 Å². The molecule has 1 aliphatic rings. The SMILES string of the molecule is CC(=O)C=C1C=CC=CN1. The molecule has 1 rings (SSSR count). The number of carbonyl (C=O) groups excluding carboxylic acids is 1. The maximum absolute atomic E-state index is 10.5. The summed E-state index contributed by atoms with van der Waals surface area (Å²) in [5, 5.41) is 2.92. The van der Waals surface area contributed by atoms with Crippen molar-refractivity contribution in [2.75, 3.05) is 0 Å². The van der Waals surface area contributed by atoms with Crippen LogP contribution < -0.4 is 5.32 Å². The molecule has 52 valence electrons. The molecule has 0 aromatic carbocycles. The zero-order valence-corrected chi connectivity index (χ0v) is 5.79. The van der Waals surface area contributed by atoms with Crippen LogP contribution in [0.5, 0.6) is 0 Å². The van der Waals surface area contributed by atoms with E-state index in [1.165, 1.54) is 6.92 Å². The fourth-order valence-electron chi connectivity index (χ4n) is 0.716. The first-order valence-corrected chi connectivity index (χ1v) is 3.11. The number of hydrogen-bond donors (Lipinski definition) is 1. The Kier molecular flexibility index (Phi) is 2.05. The second kappa shape index (κ2) is 3.01. The van der Waals surface area contributed by atoms with E-state index in [0.717, 1.165) is 5.70 Å². The molecule has 1 heterocycles. The Balaban J connectivity index is 2.67. The average Bonchev–Trinajstić information content (AvgIpc) is 1.88. The molecule has 1 N–H and O–H groups in total. The second-order valence-electron chi connectivity index (χ2n) is 2.07. The van der Waals surface area contributed by atoms with Gasteiger partial charge in [-0.15, -0.1) is 0 Å². The minimum atomic E-state index is 0.0578. The van der Waals surface area contributed by atoms with E-state index in [9.17, 15) is 4.79 Å². The molecule has 0 bridgehead atoms. The lowest BCUT2D eigenvalue weighted by Gasteiger charge is -2.02. The third kappa shape index (κ3) is 1.90. The summed E-state index contributed by atoms with van der Waals surface area (Å²) < 4.78 is 0. The molecule has 2 nitrogen and oxygen atoms in total. The van der Waals surface area contributed by atoms with Crippen LogP contribution >= 0.6 is 0 Å². The summed E-state index contributed by atoms with van der Waals surface area (Å²) in [6, 6.07) is 0. The van der Waals surface area contributed by atoms with E-state index in [2.05, 4.69) is 5.32 Å². The Hall–Kier alpha value is -1.31. The van der Waals surface area contributed by atoms with E-state index in [-0.39, 0.29) is 5.78 Å². The van der Waals surface area contributed by atoms with Gasteiger partial charge >= 0.3 is 0 Å². The molecule has 0 amide bonds. The molecule has 0 aromatic heterocycles. The maximum Gasteiger partial charge on any atom is 0.154 e. The fourth-order valence-corrected chi connectivity index (χ4v) is 0.716. The van der Waals surface area contributed by atoms with Crippen molar-refractivity contribution in [3.8, 4) is 0 Å². The highest BCUT2D eigenvalue weighted by molar-refractivity contribution is 5.88. The summed E-state index contributed by atoms with van der Waals surface area (Å²) in [4.78, 5) is 10.5. The van der Waals surface area contributed by atoms with Gasteiger partial charge in [0.05, 0.1) is 0 Å². The van der Waals surface area contributed by atoms with Crippen LogP contribution in [0.25, 0.3) is 0 Å². The van der Waals surface area contributed by atoms with Crippen LogP contribution in [-0.4, -0.2) is 5.78 Å². The zero-order valence-electron chi connectivity index (χ0n) is 5.79. The molecular weight excluding hydrogens is 126 g/mol. The van der Waals surface area contributed by atoms with Crippen molar-refractivity contribution in [2.45, 2.75) is 6.92 Å². The molecule has 0 aromatic rings. The summed E-state index contributed by atoms with van der Waals surface area (Å²) in [5.41, 5.74) is 0.843. The molecule has 1 aliphatic heterocycles. The predicted octanol–water partition coefficient (Wildman–Crippen LogP) is 1.13. The molecule has 10 heavy (non-hydrogen) atoms. The highest BCUT2D eigenvalue weighted by atomic mass is 16.1. The molecule has 0 saturated heterocycles. The number of dihydropyridines is 1. The van der Waals surface area contributed by atoms with Crippen molar-refractivity contribution in [1.82, 2.24) is 5.32 Å². The van der Waals surface area contributed by atoms with Crippen LogP contribution in [0.2, 0.25) is 0 Å². The highest BCUT2D eigenvalue weighted by Gasteiger charge is 1.92. The number of ketones is 1. The first-order valence-electron chi connectivity index (χ1n) is 3.11. The van der Waals surface area contributed by atoms with Crippen LogP contribution in [0.1, 0.15) is 6.92 Å². The average molecular weight is 135 g/mol. The monoisotopic (exact) mass is 135 g/mol. The Morgan fingerprint density at radius 1 is 1.60 bits per heavy atom. The van der Waals surface area contributed by atoms with Crippen LogP contribution in [0.15, 0.2) is 36.2 Å². The third-order valence-corrected chi connectivity index (χ3v) is 1.09. The van der Waals surface area contributed by atoms with Crippen molar-refractivity contribution in [3.63, 3.8) is 0 Å². The summed E-state index contributed by atoms with van der Waals surface area (Å²) in [6.45, 7) is 1.53. The second-order valence-corrected chi connectivity index (χ2v) is 2.07. The molecule has 0 unspecified atom stereocenters. The molecule has 2 heteroatoms. The highest BCUT2D eigenvalue weighted by Crippen LogP contribution is 1.97. The molecule has 0 saturated carbocycles. The number of rotatable bonds is 1. The Bertz CT molecular complexity index is 223. The van der Waals surface area contributed by atoms with Crippen LogP contribution in [0.3, 0.4) is 0 Å². The van der Waals surface area contributed by atoms with Gasteiger partial charge < -0.3 is 5.32 Å². The Morgan fingerprint density at radius 3 is 2.90 bits per heavy atom. The van der Waals surface area contributed by atoms with Crippen molar-refractivity contribution in [2.24, 2.45) is 0 Å². The lowest BCUT2D eigenvalue weighted by Crippen LogP contribution is -2.06. The molecule has 0 atom stereocenters. The molecular formula is C8H9NO. The lowest BCUT2D eigenvalue weighted by molar-refractivity contribution is -0.112. The van der Waals surface area contributed by atoms with Gasteiger partial charge in [0, 0.05) is 18.0 Å². The first kappa shape index (κ1) is 6.81. The van der Waals surface area contributed by atoms with Crippen molar-refractivity contribution >= 4 is 5.78 Å². The number of hydrogen-bond acceptors (Lipinski definition) is 2. The van der Waals surface area contributed by atoms with E-state index in [1.807, 2.05) is 18.2 Å². The summed E-state index contributed by atoms with van der Waals surface area (Å²) >= 11 is 0. The largest absolute Gasteiger partial charge is 0.362 e. The minimum Gasteiger partial charge on any atom is -0.362 e. The Labute approximate surface area is 59.9 Å². The number of carbonyl (C=O) groups is 1. The van der Waals surface area contributed by atoms with Gasteiger partial charge in [0.2, 0.25) is 0 Å². The fraction of sp³-hybridized carbons (Fsp3) is 0.125. The number of nitrogens with one attached hydrogen (secondary N) is 1. The number of allylic oxidation sites excluding steroid dienone is 4. The van der Waals surface area contributed by atoms with Gasteiger partial charge in [-0.25, -0.2) is 0 Å². The molecule has 0 aliphatic carbocycles. The Morgan fingerprint density at radius 2 is 2.40 bits per heavy atom. The van der Waals surface area contributed by atoms with E-state index < -0.39 is 0 Å². The first-order chi connectivity index (χ1) is 4.79. The van der Waals surface area contributed by atoms with Gasteiger partial charge in [0.1, 0.15) is 0 Å². The molecule has 0 spiro atoms. The van der Waals surface area contributed by atoms with E-state index in [0.29, 0.717) is 0 Å². The van der Waals surface area contributed by atoms with Gasteiger partial charge in [-0.2, -0.15) is 0 Å². The normalized spacial score (nSPS) is 19.1. The topological polar surface area (TPSA) is 29.1 Å². The van der Waals surface area contributed by atoms with Crippen molar-refractivity contribution < 1.29 is 4.79 Å². The summed E-state index contributed by atoms with van der Waals surface area (Å²) in [5.74, 6) is 0.0578. The standard InChI is InChI=1S/C8H9NO/c1-7(10)6-8-4-2-3-5-9-8/h2-6,9H,1H3. The predicted molar refractivity (Wildman–Crippen MR) is 40.2 cm³/mol. The van der Waals surface area contributed by atoms with E-state index in [4.69, 9.17) is 0 Å². The summed E-state index contributed by atoms with van der Waals surface area (Å²) in [7, 11) is 0. The molecule has 0 radical (unpaired) electrons. The zero-order chi connectivity index (χ0) is 7.40. The lowest BCUT2D eigenvalue weighted by atomic mass is 10.2. The van der Waals surface area contributed by atoms with Crippen molar-refractivity contribution in [3.05, 3.63) is 36.2 Å². The van der Waals surface area contributed by atoms with Gasteiger partial charge in [-0.05, 0) is 19.1 Å². The maximum atomic E-state index is 10.5. The van der Waals surface area contributed by atoms with Crippen molar-refractivity contribution in [1.29, 1.82) is 0 Å². The van der Waals surface area contributed by atoms with Crippen LogP contribution in [0, 0.1) is 0 Å². The van der Waals surface area contributed by atoms with Gasteiger partial charge in [0.25, 0.3) is 0 Å². The third-order valence-electron chi connectivity index (χ3n) is 1.09. The van der Waals surface area contributed by atoms with Crippen LogP contribution in [-0.2, 0) is 4.79 Å². The summed E-state index contributed by atoms with van der Waals surface area (Å²) in [6.07, 6.45) is 8.94. The molecule has 0 fully saturated rings. The van der Waals surface area contributed by atoms with Gasteiger partial charge in [-0.3, -0.25) is 4.79 Å². The quantitative estimate of drug-likeness (QED) is 0.546. The van der Waals surface area contributed by atoms with Gasteiger partial charge in [0.15, 0.2) is 5.78 Å². The van der Waals surface area contributed by atoms with Crippen LogP contribution in [0.4, 0.5) is 0 Å².